The van der Waals surface area contributed by atoms with Gasteiger partial charge in [0, 0.05) is 11.6 Å². The number of carbonyl (C=O) groups is 1. The van der Waals surface area contributed by atoms with Gasteiger partial charge in [-0.1, -0.05) is 24.3 Å². The van der Waals surface area contributed by atoms with E-state index >= 15 is 0 Å². The van der Waals surface area contributed by atoms with Crippen LogP contribution in [0.4, 0.5) is 11.4 Å². The quantitative estimate of drug-likeness (QED) is 0.908. The maximum absolute atomic E-state index is 12.1. The normalized spacial score (nSPS) is 15.1. The van der Waals surface area contributed by atoms with Crippen LogP contribution in [0.1, 0.15) is 11.1 Å². The van der Waals surface area contributed by atoms with Gasteiger partial charge in [0.15, 0.2) is 0 Å². The van der Waals surface area contributed by atoms with Gasteiger partial charge in [0.05, 0.1) is 18.5 Å². The minimum atomic E-state index is -0.169. The fraction of sp³-hybridized carbons (Fsp3) is 0.125. The second-order valence-corrected chi connectivity index (χ2v) is 4.61. The number of hydrogen-bond donors (Lipinski definition) is 1. The Hall–Kier alpha value is -2.62. The largest absolute Gasteiger partial charge is 0.497 e. The topological polar surface area (TPSA) is 50.7 Å². The van der Waals surface area contributed by atoms with Crippen molar-refractivity contribution in [3.8, 4) is 5.75 Å². The van der Waals surface area contributed by atoms with E-state index in [1.54, 1.807) is 13.2 Å². The highest BCUT2D eigenvalue weighted by atomic mass is 16.5. The van der Waals surface area contributed by atoms with E-state index in [4.69, 9.17) is 4.74 Å². The molecule has 0 spiro atoms. The predicted octanol–water partition coefficient (Wildman–Crippen LogP) is 3.08. The monoisotopic (exact) mass is 266 g/mol. The van der Waals surface area contributed by atoms with E-state index < -0.39 is 0 Å². The van der Waals surface area contributed by atoms with Gasteiger partial charge in [-0.2, -0.15) is 0 Å². The summed E-state index contributed by atoms with van der Waals surface area (Å²) in [6, 6.07) is 13.1. The third kappa shape index (κ3) is 2.05. The van der Waals surface area contributed by atoms with Gasteiger partial charge in [0.2, 0.25) is 0 Å². The summed E-state index contributed by atoms with van der Waals surface area (Å²) in [6.07, 6.45) is 0. The molecule has 0 saturated carbocycles. The summed E-state index contributed by atoms with van der Waals surface area (Å²) >= 11 is 0. The second kappa shape index (κ2) is 4.81. The number of anilines is 1. The van der Waals surface area contributed by atoms with Crippen molar-refractivity contribution in [2.24, 2.45) is 4.99 Å². The molecule has 2 aromatic carbocycles. The van der Waals surface area contributed by atoms with Crippen LogP contribution in [0.3, 0.4) is 0 Å². The summed E-state index contributed by atoms with van der Waals surface area (Å²) in [6.45, 7) is 1.97. The molecule has 0 aliphatic carbocycles. The lowest BCUT2D eigenvalue weighted by atomic mass is 10.1. The van der Waals surface area contributed by atoms with Crippen molar-refractivity contribution in [1.82, 2.24) is 0 Å². The molecule has 4 heteroatoms. The summed E-state index contributed by atoms with van der Waals surface area (Å²) in [5, 5.41) is 2.86. The average molecular weight is 266 g/mol. The molecular formula is C16H14N2O2. The summed E-state index contributed by atoms with van der Waals surface area (Å²) < 4.78 is 5.16. The van der Waals surface area contributed by atoms with Crippen molar-refractivity contribution < 1.29 is 9.53 Å². The van der Waals surface area contributed by atoms with Crippen LogP contribution in [-0.2, 0) is 4.79 Å². The lowest BCUT2D eigenvalue weighted by molar-refractivity contribution is -0.110. The molecule has 1 aliphatic rings. The van der Waals surface area contributed by atoms with E-state index in [9.17, 15) is 4.79 Å². The number of ether oxygens (including phenoxy) is 1. The third-order valence-corrected chi connectivity index (χ3v) is 3.28. The maximum atomic E-state index is 12.1. The maximum Gasteiger partial charge on any atom is 0.275 e. The fourth-order valence-electron chi connectivity index (χ4n) is 2.25. The minimum absolute atomic E-state index is 0.169. The van der Waals surface area contributed by atoms with E-state index in [0.717, 1.165) is 22.6 Å². The Morgan fingerprint density at radius 1 is 1.15 bits per heavy atom. The Bertz CT molecular complexity index is 720. The number of para-hydroxylation sites is 1. The number of nitrogens with zero attached hydrogens (tertiary/aromatic N) is 1. The average Bonchev–Trinajstić information content (AvgIpc) is 2.78. The van der Waals surface area contributed by atoms with Crippen LogP contribution in [0.5, 0.6) is 5.75 Å². The number of rotatable bonds is 2. The number of nitrogens with one attached hydrogen (secondary N) is 1. The molecule has 1 heterocycles. The van der Waals surface area contributed by atoms with Gasteiger partial charge in [-0.25, -0.2) is 4.99 Å². The van der Waals surface area contributed by atoms with E-state index in [0.29, 0.717) is 11.4 Å². The number of methoxy groups -OCH3 is 1. The second-order valence-electron chi connectivity index (χ2n) is 4.61. The summed E-state index contributed by atoms with van der Waals surface area (Å²) in [7, 11) is 1.60. The number of benzene rings is 2. The van der Waals surface area contributed by atoms with Crippen LogP contribution in [0.2, 0.25) is 0 Å². The Kier molecular flexibility index (Phi) is 2.99. The molecular weight excluding hydrogens is 252 g/mol. The van der Waals surface area contributed by atoms with Crippen LogP contribution in [-0.4, -0.2) is 18.7 Å². The highest BCUT2D eigenvalue weighted by Crippen LogP contribution is 2.29. The summed E-state index contributed by atoms with van der Waals surface area (Å²) in [5.74, 6) is 0.548. The van der Waals surface area contributed by atoms with E-state index in [2.05, 4.69) is 10.3 Å². The molecule has 3 rings (SSSR count). The minimum Gasteiger partial charge on any atom is -0.497 e. The highest BCUT2D eigenvalue weighted by Gasteiger charge is 2.26. The van der Waals surface area contributed by atoms with Gasteiger partial charge in [0.25, 0.3) is 5.91 Å². The highest BCUT2D eigenvalue weighted by molar-refractivity contribution is 6.54. The van der Waals surface area contributed by atoms with Gasteiger partial charge < -0.3 is 10.1 Å². The van der Waals surface area contributed by atoms with Crippen LogP contribution < -0.4 is 10.1 Å². The van der Waals surface area contributed by atoms with Crippen LogP contribution >= 0.6 is 0 Å². The van der Waals surface area contributed by atoms with Crippen molar-refractivity contribution in [2.75, 3.05) is 12.4 Å². The predicted molar refractivity (Wildman–Crippen MR) is 79.0 cm³/mol. The summed E-state index contributed by atoms with van der Waals surface area (Å²) in [4.78, 5) is 16.5. The molecule has 2 aromatic rings. The number of aryl methyl sites for hydroxylation is 1. The first kappa shape index (κ1) is 12.4. The molecule has 0 atom stereocenters. The molecule has 1 amide bonds. The zero-order valence-electron chi connectivity index (χ0n) is 11.3. The molecule has 0 bridgehead atoms. The fourth-order valence-corrected chi connectivity index (χ4v) is 2.25. The number of carbonyl (C=O) groups excluding carboxylic acids is 1. The molecule has 0 unspecified atom stereocenters. The van der Waals surface area contributed by atoms with E-state index in [1.165, 1.54) is 0 Å². The Labute approximate surface area is 117 Å². The van der Waals surface area contributed by atoms with Crippen LogP contribution in [0, 0.1) is 6.92 Å². The Morgan fingerprint density at radius 3 is 2.75 bits per heavy atom. The molecule has 0 radical (unpaired) electrons. The van der Waals surface area contributed by atoms with E-state index in [-0.39, 0.29) is 5.91 Å². The Morgan fingerprint density at radius 2 is 1.95 bits per heavy atom. The number of hydrogen-bond acceptors (Lipinski definition) is 3. The van der Waals surface area contributed by atoms with Crippen molar-refractivity contribution in [2.45, 2.75) is 6.92 Å². The number of fused-ring (bicyclic) bond motifs is 1. The molecule has 1 aliphatic heterocycles. The first-order valence-corrected chi connectivity index (χ1v) is 6.33. The summed E-state index contributed by atoms with van der Waals surface area (Å²) in [5.41, 5.74) is 3.87. The zero-order chi connectivity index (χ0) is 14.1. The first-order chi connectivity index (χ1) is 9.69. The number of amides is 1. The van der Waals surface area contributed by atoms with Crippen LogP contribution in [0.25, 0.3) is 0 Å². The third-order valence-electron chi connectivity index (χ3n) is 3.28. The van der Waals surface area contributed by atoms with Crippen LogP contribution in [0.15, 0.2) is 47.5 Å². The standard InChI is InChI=1S/C16H14N2O2/c1-10-5-3-8-13-14(10)18-16(19)15(13)17-11-6-4-7-12(9-11)20-2/h3-9H,1-2H3,(H,17,18,19). The van der Waals surface area contributed by atoms with Gasteiger partial charge in [-0.15, -0.1) is 0 Å². The molecule has 1 N–H and O–H groups in total. The molecule has 100 valence electrons. The molecule has 0 saturated heterocycles. The molecule has 20 heavy (non-hydrogen) atoms. The lowest BCUT2D eigenvalue weighted by Crippen LogP contribution is -2.13. The molecule has 0 fully saturated rings. The smallest absolute Gasteiger partial charge is 0.275 e. The van der Waals surface area contributed by atoms with Crippen molar-refractivity contribution in [3.63, 3.8) is 0 Å². The SMILES string of the molecule is COc1cccc(N=C2C(=O)Nc3c(C)cccc32)c1. The lowest BCUT2D eigenvalue weighted by Gasteiger charge is -2.02. The van der Waals surface area contributed by atoms with Gasteiger partial charge in [-0.3, -0.25) is 4.79 Å². The molecule has 0 aromatic heterocycles. The zero-order valence-corrected chi connectivity index (χ0v) is 11.3. The Balaban J connectivity index is 2.08. The first-order valence-electron chi connectivity index (χ1n) is 6.33. The van der Waals surface area contributed by atoms with E-state index in [1.807, 2.05) is 43.3 Å². The van der Waals surface area contributed by atoms with Gasteiger partial charge in [0.1, 0.15) is 11.5 Å². The van der Waals surface area contributed by atoms with Crippen molar-refractivity contribution in [1.29, 1.82) is 0 Å². The molecule has 4 nitrogen and oxygen atoms in total. The van der Waals surface area contributed by atoms with Crippen molar-refractivity contribution in [3.05, 3.63) is 53.6 Å². The van der Waals surface area contributed by atoms with Crippen molar-refractivity contribution >= 4 is 23.0 Å². The number of aliphatic imine (C=N–C) groups is 1. The van der Waals surface area contributed by atoms with Gasteiger partial charge >= 0.3 is 0 Å². The van der Waals surface area contributed by atoms with Gasteiger partial charge in [-0.05, 0) is 24.6 Å².